The molecule has 0 unspecified atom stereocenters. The van der Waals surface area contributed by atoms with Gasteiger partial charge in [-0.2, -0.15) is 0 Å². The summed E-state index contributed by atoms with van der Waals surface area (Å²) in [7, 11) is 0. The lowest BCUT2D eigenvalue weighted by molar-refractivity contribution is 0.225. The number of hydrogen-bond acceptors (Lipinski definition) is 5. The van der Waals surface area contributed by atoms with Crippen LogP contribution in [0.4, 0.5) is 5.95 Å². The molecule has 0 radical (unpaired) electrons. The predicted octanol–water partition coefficient (Wildman–Crippen LogP) is 5.40. The van der Waals surface area contributed by atoms with Crippen LogP contribution in [-0.4, -0.2) is 32.4 Å². The fraction of sp³-hybridized carbons (Fsp3) is 0.476. The lowest BCUT2D eigenvalue weighted by atomic mass is 9.77. The molecule has 146 valence electrons. The standard InChI is InChI=1S/C21H24ClN5S/c1-15-16(4-9-23-18(15)22)28-17-14-25-20(27-13-10-24-19(17)27)26-11-7-21(8-12-26)5-2-3-6-21/h4,9-10,13-14H,2-3,5-8,11-12H2,1H3. The van der Waals surface area contributed by atoms with Gasteiger partial charge >= 0.3 is 0 Å². The second-order valence-corrected chi connectivity index (χ2v) is 9.51. The summed E-state index contributed by atoms with van der Waals surface area (Å²) in [6.45, 7) is 4.17. The highest BCUT2D eigenvalue weighted by molar-refractivity contribution is 7.99. The van der Waals surface area contributed by atoms with Crippen molar-refractivity contribution in [2.45, 2.75) is 55.2 Å². The molecule has 5 nitrogen and oxygen atoms in total. The average molecular weight is 414 g/mol. The van der Waals surface area contributed by atoms with Crippen LogP contribution in [0.1, 0.15) is 44.1 Å². The normalized spacial score (nSPS) is 19.0. The highest BCUT2D eigenvalue weighted by Crippen LogP contribution is 2.46. The van der Waals surface area contributed by atoms with Gasteiger partial charge in [0.15, 0.2) is 5.65 Å². The third-order valence-corrected chi connectivity index (χ3v) is 8.01. The van der Waals surface area contributed by atoms with Gasteiger partial charge in [-0.3, -0.25) is 4.40 Å². The first-order valence-electron chi connectivity index (χ1n) is 10.0. The summed E-state index contributed by atoms with van der Waals surface area (Å²) < 4.78 is 2.13. The van der Waals surface area contributed by atoms with Crippen LogP contribution in [-0.2, 0) is 0 Å². The SMILES string of the molecule is Cc1c(Sc2cnc(N3CCC4(CCCC4)CC3)n3ccnc23)ccnc1Cl. The van der Waals surface area contributed by atoms with Gasteiger partial charge in [-0.25, -0.2) is 15.0 Å². The minimum absolute atomic E-state index is 0.545. The Bertz CT molecular complexity index is 1000. The average Bonchev–Trinajstić information content (AvgIpc) is 3.37. The van der Waals surface area contributed by atoms with Gasteiger partial charge < -0.3 is 4.90 Å². The van der Waals surface area contributed by atoms with Crippen LogP contribution in [0.3, 0.4) is 0 Å². The molecular weight excluding hydrogens is 390 g/mol. The number of rotatable bonds is 3. The largest absolute Gasteiger partial charge is 0.342 e. The number of pyridine rings is 1. The zero-order valence-corrected chi connectivity index (χ0v) is 17.6. The number of imidazole rings is 1. The maximum Gasteiger partial charge on any atom is 0.211 e. The Balaban J connectivity index is 1.43. The molecular formula is C21H24ClN5S. The summed E-state index contributed by atoms with van der Waals surface area (Å²) in [5, 5.41) is 0.545. The quantitative estimate of drug-likeness (QED) is 0.538. The topological polar surface area (TPSA) is 46.3 Å². The van der Waals surface area contributed by atoms with Crippen molar-refractivity contribution in [1.82, 2.24) is 19.4 Å². The van der Waals surface area contributed by atoms with E-state index in [0.29, 0.717) is 10.6 Å². The fourth-order valence-electron chi connectivity index (χ4n) is 4.72. The first-order chi connectivity index (χ1) is 13.7. The number of piperidine rings is 1. The molecule has 0 N–H and O–H groups in total. The van der Waals surface area contributed by atoms with Crippen LogP contribution in [0, 0.1) is 12.3 Å². The molecule has 1 aliphatic carbocycles. The highest BCUT2D eigenvalue weighted by atomic mass is 35.5. The van der Waals surface area contributed by atoms with E-state index in [1.807, 2.05) is 31.6 Å². The van der Waals surface area contributed by atoms with Crippen molar-refractivity contribution >= 4 is 35.0 Å². The van der Waals surface area contributed by atoms with Gasteiger partial charge in [0, 0.05) is 48.3 Å². The molecule has 3 aromatic rings. The second kappa shape index (κ2) is 7.23. The Morgan fingerprint density at radius 1 is 1.00 bits per heavy atom. The summed E-state index contributed by atoms with van der Waals surface area (Å²) in [5.74, 6) is 1.01. The maximum atomic E-state index is 6.19. The summed E-state index contributed by atoms with van der Waals surface area (Å²) in [6, 6.07) is 1.99. The minimum atomic E-state index is 0.545. The van der Waals surface area contributed by atoms with Gasteiger partial charge in [0.25, 0.3) is 0 Å². The fourth-order valence-corrected chi connectivity index (χ4v) is 5.90. The molecule has 0 bridgehead atoms. The van der Waals surface area contributed by atoms with Crippen molar-refractivity contribution in [3.63, 3.8) is 0 Å². The maximum absolute atomic E-state index is 6.19. The molecule has 4 heterocycles. The molecule has 5 rings (SSSR count). The summed E-state index contributed by atoms with van der Waals surface area (Å²) in [4.78, 5) is 18.2. The van der Waals surface area contributed by atoms with Crippen molar-refractivity contribution < 1.29 is 0 Å². The third-order valence-electron chi connectivity index (χ3n) is 6.46. The molecule has 1 saturated carbocycles. The number of aromatic nitrogens is 4. The Morgan fingerprint density at radius 2 is 1.79 bits per heavy atom. The lowest BCUT2D eigenvalue weighted by Gasteiger charge is -2.39. The molecule has 3 aromatic heterocycles. The van der Waals surface area contributed by atoms with Crippen LogP contribution >= 0.6 is 23.4 Å². The summed E-state index contributed by atoms with van der Waals surface area (Å²) >= 11 is 7.83. The van der Waals surface area contributed by atoms with Crippen molar-refractivity contribution in [3.8, 4) is 0 Å². The van der Waals surface area contributed by atoms with Crippen LogP contribution in [0.25, 0.3) is 5.65 Å². The molecule has 28 heavy (non-hydrogen) atoms. The molecule has 2 fully saturated rings. The summed E-state index contributed by atoms with van der Waals surface area (Å²) in [6.07, 6.45) is 15.8. The number of hydrogen-bond donors (Lipinski definition) is 0. The Hall–Kier alpha value is -1.79. The van der Waals surface area contributed by atoms with E-state index in [0.717, 1.165) is 40.0 Å². The smallest absolute Gasteiger partial charge is 0.211 e. The first-order valence-corrected chi connectivity index (χ1v) is 11.2. The number of anilines is 1. The Kier molecular flexibility index (Phi) is 4.71. The van der Waals surface area contributed by atoms with Crippen LogP contribution in [0.5, 0.6) is 0 Å². The molecule has 7 heteroatoms. The van der Waals surface area contributed by atoms with E-state index in [2.05, 4.69) is 19.3 Å². The van der Waals surface area contributed by atoms with Crippen LogP contribution < -0.4 is 4.90 Å². The zero-order chi connectivity index (χ0) is 19.1. The van der Waals surface area contributed by atoms with E-state index in [4.69, 9.17) is 16.6 Å². The van der Waals surface area contributed by atoms with E-state index in [-0.39, 0.29) is 0 Å². The Morgan fingerprint density at radius 3 is 2.57 bits per heavy atom. The van der Waals surface area contributed by atoms with E-state index in [1.54, 1.807) is 18.0 Å². The van der Waals surface area contributed by atoms with Gasteiger partial charge in [-0.15, -0.1) is 0 Å². The van der Waals surface area contributed by atoms with Gasteiger partial charge in [0.05, 0.1) is 4.90 Å². The van der Waals surface area contributed by atoms with Crippen molar-refractivity contribution in [1.29, 1.82) is 0 Å². The summed E-state index contributed by atoms with van der Waals surface area (Å²) in [5.41, 5.74) is 2.54. The van der Waals surface area contributed by atoms with E-state index >= 15 is 0 Å². The van der Waals surface area contributed by atoms with Crippen molar-refractivity contribution in [2.75, 3.05) is 18.0 Å². The van der Waals surface area contributed by atoms with Gasteiger partial charge in [-0.1, -0.05) is 36.2 Å². The molecule has 1 aliphatic heterocycles. The number of halogens is 1. The lowest BCUT2D eigenvalue weighted by Crippen LogP contribution is -2.40. The monoisotopic (exact) mass is 413 g/mol. The zero-order valence-electron chi connectivity index (χ0n) is 16.1. The number of fused-ring (bicyclic) bond motifs is 1. The van der Waals surface area contributed by atoms with Crippen LogP contribution in [0.2, 0.25) is 5.15 Å². The molecule has 0 amide bonds. The Labute approximate surface area is 174 Å². The second-order valence-electron chi connectivity index (χ2n) is 8.06. The first kappa shape index (κ1) is 18.3. The van der Waals surface area contributed by atoms with Gasteiger partial charge in [0.1, 0.15) is 5.15 Å². The molecule has 0 atom stereocenters. The molecule has 1 spiro atoms. The third kappa shape index (κ3) is 3.16. The molecule has 1 saturated heterocycles. The van der Waals surface area contributed by atoms with E-state index in [1.165, 1.54) is 38.5 Å². The van der Waals surface area contributed by atoms with Crippen LogP contribution in [0.15, 0.2) is 40.6 Å². The van der Waals surface area contributed by atoms with E-state index < -0.39 is 0 Å². The predicted molar refractivity (Wildman–Crippen MR) is 113 cm³/mol. The molecule has 2 aliphatic rings. The van der Waals surface area contributed by atoms with Gasteiger partial charge in [0.2, 0.25) is 5.95 Å². The van der Waals surface area contributed by atoms with Gasteiger partial charge in [-0.05, 0) is 44.1 Å². The minimum Gasteiger partial charge on any atom is -0.342 e. The molecule has 0 aromatic carbocycles. The van der Waals surface area contributed by atoms with Crippen molar-refractivity contribution in [3.05, 3.63) is 41.6 Å². The number of nitrogens with zero attached hydrogens (tertiary/aromatic N) is 5. The van der Waals surface area contributed by atoms with Crippen molar-refractivity contribution in [2.24, 2.45) is 5.41 Å². The highest BCUT2D eigenvalue weighted by Gasteiger charge is 2.37. The van der Waals surface area contributed by atoms with E-state index in [9.17, 15) is 0 Å².